The third-order valence-corrected chi connectivity index (χ3v) is 5.24. The summed E-state index contributed by atoms with van der Waals surface area (Å²) >= 11 is 3.62. The number of ether oxygens (including phenoxy) is 1. The number of carbonyl (C=O) groups is 1. The largest absolute Gasteiger partial charge is 0.444 e. The first-order chi connectivity index (χ1) is 13.8. The quantitative estimate of drug-likeness (QED) is 0.418. The molecule has 0 saturated carbocycles. The highest BCUT2D eigenvalue weighted by molar-refractivity contribution is 9.10. The Hall–Kier alpha value is -2.59. The summed E-state index contributed by atoms with van der Waals surface area (Å²) in [5.74, 6) is 0. The van der Waals surface area contributed by atoms with Crippen LogP contribution in [0.25, 0.3) is 0 Å². The van der Waals surface area contributed by atoms with Crippen LogP contribution < -0.4 is 0 Å². The zero-order chi connectivity index (χ0) is 20.9. The van der Waals surface area contributed by atoms with Crippen molar-refractivity contribution in [3.63, 3.8) is 0 Å². The normalized spacial score (nSPS) is 11.3. The molecule has 3 aromatic rings. The Morgan fingerprint density at radius 2 is 1.34 bits per heavy atom. The summed E-state index contributed by atoms with van der Waals surface area (Å²) in [4.78, 5) is 15.2. The van der Waals surface area contributed by atoms with Crippen molar-refractivity contribution >= 4 is 22.0 Å². The van der Waals surface area contributed by atoms with E-state index in [-0.39, 0.29) is 12.1 Å². The maximum Gasteiger partial charge on any atom is 0.411 e. The molecule has 0 heterocycles. The van der Waals surface area contributed by atoms with Gasteiger partial charge in [-0.3, -0.25) is 4.90 Å². The number of hydrogen-bond acceptors (Lipinski definition) is 2. The van der Waals surface area contributed by atoms with E-state index in [4.69, 9.17) is 4.74 Å². The van der Waals surface area contributed by atoms with Crippen LogP contribution >= 0.6 is 15.9 Å². The molecule has 0 aliphatic carbocycles. The van der Waals surface area contributed by atoms with E-state index >= 15 is 0 Å². The van der Waals surface area contributed by atoms with Crippen LogP contribution in [-0.2, 0) is 11.3 Å². The molecule has 0 unspecified atom stereocenters. The molecule has 0 aromatic heterocycles. The maximum atomic E-state index is 13.4. The van der Waals surface area contributed by atoms with Gasteiger partial charge in [0.05, 0.1) is 12.6 Å². The molecule has 0 spiro atoms. The summed E-state index contributed by atoms with van der Waals surface area (Å²) < 4.78 is 6.77. The van der Waals surface area contributed by atoms with Crippen LogP contribution in [0.5, 0.6) is 0 Å². The molecule has 4 heteroatoms. The predicted molar refractivity (Wildman–Crippen MR) is 121 cm³/mol. The van der Waals surface area contributed by atoms with Gasteiger partial charge in [0, 0.05) is 4.47 Å². The Morgan fingerprint density at radius 3 is 1.83 bits per heavy atom. The van der Waals surface area contributed by atoms with Gasteiger partial charge in [-0.15, -0.1) is 0 Å². The van der Waals surface area contributed by atoms with Crippen molar-refractivity contribution in [3.05, 3.63) is 106 Å². The molecule has 0 fully saturated rings. The van der Waals surface area contributed by atoms with Crippen LogP contribution in [0.1, 0.15) is 43.5 Å². The molecule has 29 heavy (non-hydrogen) atoms. The average Bonchev–Trinajstić information content (AvgIpc) is 2.69. The number of amides is 1. The van der Waals surface area contributed by atoms with Crippen molar-refractivity contribution in [1.29, 1.82) is 0 Å². The van der Waals surface area contributed by atoms with Crippen molar-refractivity contribution in [2.75, 3.05) is 0 Å². The molecule has 3 nitrogen and oxygen atoms in total. The van der Waals surface area contributed by atoms with Gasteiger partial charge >= 0.3 is 6.09 Å². The van der Waals surface area contributed by atoms with Crippen molar-refractivity contribution < 1.29 is 9.53 Å². The number of hydrogen-bond donors (Lipinski definition) is 0. The van der Waals surface area contributed by atoms with Gasteiger partial charge in [-0.1, -0.05) is 94.8 Å². The number of benzene rings is 3. The van der Waals surface area contributed by atoms with Crippen molar-refractivity contribution in [2.45, 2.75) is 39.0 Å². The summed E-state index contributed by atoms with van der Waals surface area (Å²) in [7, 11) is 0. The number of nitrogens with zero attached hydrogens (tertiary/aromatic N) is 1. The number of rotatable bonds is 5. The first-order valence-corrected chi connectivity index (χ1v) is 10.5. The zero-order valence-corrected chi connectivity index (χ0v) is 18.6. The van der Waals surface area contributed by atoms with Crippen LogP contribution in [0.3, 0.4) is 0 Å². The molecule has 150 valence electrons. The first kappa shape index (κ1) is 21.1. The van der Waals surface area contributed by atoms with Crippen LogP contribution in [0.4, 0.5) is 4.79 Å². The molecule has 0 aliphatic rings. The molecule has 0 saturated heterocycles. The lowest BCUT2D eigenvalue weighted by molar-refractivity contribution is 0.0171. The molecule has 3 rings (SSSR count). The average molecular weight is 452 g/mol. The van der Waals surface area contributed by atoms with Crippen molar-refractivity contribution in [2.24, 2.45) is 0 Å². The van der Waals surface area contributed by atoms with Gasteiger partial charge in [0.1, 0.15) is 5.60 Å². The van der Waals surface area contributed by atoms with Crippen LogP contribution in [0, 0.1) is 0 Å². The van der Waals surface area contributed by atoms with E-state index in [1.807, 2.05) is 81.4 Å². The minimum atomic E-state index is -0.582. The number of halogens is 1. The fourth-order valence-electron chi connectivity index (χ4n) is 3.21. The van der Waals surface area contributed by atoms with Gasteiger partial charge in [-0.25, -0.2) is 4.79 Å². The summed E-state index contributed by atoms with van der Waals surface area (Å²) in [6.07, 6.45) is -0.342. The van der Waals surface area contributed by atoms with E-state index in [0.717, 1.165) is 21.2 Å². The highest BCUT2D eigenvalue weighted by Crippen LogP contribution is 2.32. The van der Waals surface area contributed by atoms with Gasteiger partial charge < -0.3 is 4.74 Å². The zero-order valence-electron chi connectivity index (χ0n) is 17.0. The molecule has 3 aromatic carbocycles. The summed E-state index contributed by atoms with van der Waals surface area (Å²) in [6, 6.07) is 27.9. The van der Waals surface area contributed by atoms with E-state index in [2.05, 4.69) is 40.2 Å². The second kappa shape index (κ2) is 9.27. The lowest BCUT2D eigenvalue weighted by Gasteiger charge is -2.34. The van der Waals surface area contributed by atoms with Gasteiger partial charge in [-0.05, 0) is 43.5 Å². The lowest BCUT2D eigenvalue weighted by atomic mass is 9.96. The van der Waals surface area contributed by atoms with E-state index in [1.165, 1.54) is 0 Å². The van der Waals surface area contributed by atoms with Crippen LogP contribution in [-0.4, -0.2) is 16.6 Å². The lowest BCUT2D eigenvalue weighted by Crippen LogP contribution is -2.39. The third-order valence-electron chi connectivity index (χ3n) is 4.47. The Balaban J connectivity index is 2.09. The van der Waals surface area contributed by atoms with Crippen LogP contribution in [0.2, 0.25) is 0 Å². The third kappa shape index (κ3) is 5.70. The molecule has 0 atom stereocenters. The van der Waals surface area contributed by atoms with Gasteiger partial charge in [-0.2, -0.15) is 0 Å². The molecule has 0 radical (unpaired) electrons. The smallest absolute Gasteiger partial charge is 0.411 e. The minimum Gasteiger partial charge on any atom is -0.444 e. The van der Waals surface area contributed by atoms with Gasteiger partial charge in [0.2, 0.25) is 0 Å². The first-order valence-electron chi connectivity index (χ1n) is 9.68. The predicted octanol–water partition coefficient (Wildman–Crippen LogP) is 6.98. The molecule has 0 aliphatic heterocycles. The molecule has 0 N–H and O–H groups in total. The highest BCUT2D eigenvalue weighted by Gasteiger charge is 2.31. The highest BCUT2D eigenvalue weighted by atomic mass is 79.9. The fourth-order valence-corrected chi connectivity index (χ4v) is 3.63. The second-order valence-corrected chi connectivity index (χ2v) is 8.78. The summed E-state index contributed by atoms with van der Waals surface area (Å²) in [5, 5.41) is 0. The Bertz CT molecular complexity index is 896. The SMILES string of the molecule is CC(C)(C)OC(=O)N(Cc1ccccc1Br)C(c1ccccc1)c1ccccc1. The Kier molecular flexibility index (Phi) is 6.75. The van der Waals surface area contributed by atoms with E-state index in [0.29, 0.717) is 6.54 Å². The number of carbonyl (C=O) groups excluding carboxylic acids is 1. The standard InChI is InChI=1S/C25H26BrNO2/c1-25(2,3)29-24(28)27(18-21-16-10-11-17-22(21)26)23(19-12-6-4-7-13-19)20-14-8-5-9-15-20/h4-17,23H,18H2,1-3H3. The monoisotopic (exact) mass is 451 g/mol. The van der Waals surface area contributed by atoms with Crippen LogP contribution in [0.15, 0.2) is 89.4 Å². The van der Waals surface area contributed by atoms with Crippen molar-refractivity contribution in [3.8, 4) is 0 Å². The minimum absolute atomic E-state index is 0.264. The summed E-state index contributed by atoms with van der Waals surface area (Å²) in [5.41, 5.74) is 2.52. The van der Waals surface area contributed by atoms with E-state index in [9.17, 15) is 4.79 Å². The molecular formula is C25H26BrNO2. The fraction of sp³-hybridized carbons (Fsp3) is 0.240. The van der Waals surface area contributed by atoms with Gasteiger partial charge in [0.15, 0.2) is 0 Å². The van der Waals surface area contributed by atoms with E-state index in [1.54, 1.807) is 4.90 Å². The molecule has 1 amide bonds. The second-order valence-electron chi connectivity index (χ2n) is 7.92. The van der Waals surface area contributed by atoms with Crippen molar-refractivity contribution in [1.82, 2.24) is 4.90 Å². The van der Waals surface area contributed by atoms with E-state index < -0.39 is 5.60 Å². The molecule has 0 bridgehead atoms. The Morgan fingerprint density at radius 1 is 0.862 bits per heavy atom. The molecular weight excluding hydrogens is 426 g/mol. The Labute approximate surface area is 181 Å². The maximum absolute atomic E-state index is 13.4. The topological polar surface area (TPSA) is 29.5 Å². The van der Waals surface area contributed by atoms with Gasteiger partial charge in [0.25, 0.3) is 0 Å². The summed E-state index contributed by atoms with van der Waals surface area (Å²) in [6.45, 7) is 6.09.